The van der Waals surface area contributed by atoms with Gasteiger partial charge in [-0.25, -0.2) is 18.7 Å². The summed E-state index contributed by atoms with van der Waals surface area (Å²) in [6.45, 7) is 17.8. The van der Waals surface area contributed by atoms with E-state index in [1.165, 1.54) is 90.2 Å². The predicted octanol–water partition coefficient (Wildman–Crippen LogP) is -3.68. The van der Waals surface area contributed by atoms with Crippen LogP contribution in [0, 0.1) is 0 Å². The van der Waals surface area contributed by atoms with Crippen LogP contribution in [0.4, 0.5) is 9.59 Å². The van der Waals surface area contributed by atoms with Gasteiger partial charge in [-0.1, -0.05) is 36.5 Å². The van der Waals surface area contributed by atoms with Crippen molar-refractivity contribution >= 4 is 90.9 Å². The van der Waals surface area contributed by atoms with Crippen molar-refractivity contribution in [2.45, 2.75) is 132 Å². The van der Waals surface area contributed by atoms with Crippen molar-refractivity contribution in [1.82, 2.24) is 42.5 Å². The van der Waals surface area contributed by atoms with Crippen molar-refractivity contribution in [3.63, 3.8) is 0 Å². The zero-order valence-electron chi connectivity index (χ0n) is 58.7. The summed E-state index contributed by atoms with van der Waals surface area (Å²) in [6.07, 6.45) is 10.8. The third kappa shape index (κ3) is 53.9. The van der Waals surface area contributed by atoms with E-state index in [1.54, 1.807) is 39.8 Å². The summed E-state index contributed by atoms with van der Waals surface area (Å²) in [5.74, 6) is -4.59. The first-order chi connectivity index (χ1) is 45.9. The van der Waals surface area contributed by atoms with Gasteiger partial charge in [-0.2, -0.15) is 0 Å². The largest absolute Gasteiger partial charge is 1.00 e. The van der Waals surface area contributed by atoms with E-state index in [9.17, 15) is 76.0 Å². The second-order valence-corrected chi connectivity index (χ2v) is 25.6. The fourth-order valence-electron chi connectivity index (χ4n) is 7.15. The molecule has 0 aliphatic carbocycles. The molecule has 0 spiro atoms. The van der Waals surface area contributed by atoms with Gasteiger partial charge in [0.05, 0.1) is 90.2 Å². The molecule has 44 heteroatoms. The van der Waals surface area contributed by atoms with E-state index in [0.29, 0.717) is 0 Å². The molecule has 8 N–H and O–H groups in total. The Hall–Kier alpha value is -4.82. The number of esters is 4. The second-order valence-electron chi connectivity index (χ2n) is 19.5. The van der Waals surface area contributed by atoms with Gasteiger partial charge in [0.1, 0.15) is 24.4 Å². The molecule has 0 aromatic rings. The summed E-state index contributed by atoms with van der Waals surface area (Å²) in [4.78, 5) is 141. The number of hydrogen-bond acceptors (Lipinski definition) is 30. The summed E-state index contributed by atoms with van der Waals surface area (Å²) < 4.78 is 122. The second kappa shape index (κ2) is 57.6. The molecule has 0 saturated heterocycles. The monoisotopic (exact) mass is 1530 g/mol. The van der Waals surface area contributed by atoms with Gasteiger partial charge in [0.25, 0.3) is 15.6 Å². The van der Waals surface area contributed by atoms with Crippen LogP contribution in [0.3, 0.4) is 0 Å². The molecule has 0 aromatic heterocycles. The summed E-state index contributed by atoms with van der Waals surface area (Å²) >= 11 is 0. The molecular formula is C56H94N8Na2O30P4. The third-order valence-electron chi connectivity index (χ3n) is 10.8. The number of urea groups is 2. The molecule has 0 fully saturated rings. The minimum atomic E-state index is -4.92. The molecule has 0 aliphatic rings. The molecule has 0 aliphatic heterocycles. The summed E-state index contributed by atoms with van der Waals surface area (Å²) in [5.41, 5.74) is 0. The Kier molecular flexibility index (Phi) is 58.5. The number of amides is 8. The molecule has 0 radical (unpaired) electrons. The van der Waals surface area contributed by atoms with Crippen molar-refractivity contribution < 1.29 is 199 Å². The van der Waals surface area contributed by atoms with Gasteiger partial charge < -0.3 is 89.4 Å². The fraction of sp³-hybridized carbons (Fsp3) is 0.607. The van der Waals surface area contributed by atoms with E-state index in [1.807, 2.05) is 0 Å². The number of ether oxygens (including phenoxy) is 4. The number of carbonyl (C=O) groups excluding carboxylic acids is 10. The Balaban J connectivity index is -0.000000910. The number of carbonyl (C=O) groups is 10. The molecule has 0 bridgehead atoms. The van der Waals surface area contributed by atoms with Crippen LogP contribution in [-0.4, -0.2) is 200 Å². The van der Waals surface area contributed by atoms with Gasteiger partial charge in [-0.3, -0.25) is 74.6 Å². The average Bonchev–Trinajstić information content (AvgIpc) is 0.894. The summed E-state index contributed by atoms with van der Waals surface area (Å²) in [7, 11) is -18.4. The van der Waals surface area contributed by atoms with E-state index in [4.69, 9.17) is 55.1 Å². The van der Waals surface area contributed by atoms with Crippen LogP contribution >= 0.6 is 31.3 Å². The van der Waals surface area contributed by atoms with E-state index in [-0.39, 0.29) is 112 Å². The number of hydrogen-bond donors (Lipinski definition) is 8. The van der Waals surface area contributed by atoms with Crippen LogP contribution < -0.4 is 111 Å². The maximum absolute atomic E-state index is 13.3. The zero-order valence-corrected chi connectivity index (χ0v) is 66.3. The molecule has 100 heavy (non-hydrogen) atoms. The molecule has 8 amide bonds. The maximum Gasteiger partial charge on any atom is 1.00 e. The van der Waals surface area contributed by atoms with E-state index < -0.39 is 179 Å². The third-order valence-corrected chi connectivity index (χ3v) is 15.6. The summed E-state index contributed by atoms with van der Waals surface area (Å²) in [5, 5.41) is 19.4. The van der Waals surface area contributed by atoms with Crippen molar-refractivity contribution in [2.24, 2.45) is 0 Å². The quantitative estimate of drug-likeness (QED) is 0.00726. The van der Waals surface area contributed by atoms with Gasteiger partial charge in [-0.05, 0) is 52.0 Å². The molecule has 0 heterocycles. The minimum absolute atomic E-state index is 0. The van der Waals surface area contributed by atoms with Crippen LogP contribution in [0.1, 0.15) is 83.1 Å². The Labute approximate surface area is 626 Å². The molecule has 8 unspecified atom stereocenters. The Morgan fingerprint density at radius 2 is 0.580 bits per heavy atom. The standard InChI is InChI=1S/C31H52N4O15P2.C25H44N4O15P2.2Na/c1-9-13-29(49-25(7)38)27(34-23(5)36)21-47-51(41,43-17-11-3)45-19-15-32-31(40)33-16-20-46-52(42,44-18-12-4)48-22-28(35-24(6)37)30(14-10-2)50-26(8)39;1-7-9-23(43-19(5)32)21(28-17(3)30)15-41-45(35,36)39-13-11-26-25(34)27-12-14-40-46(37,38)42-16-22(29-18(4)31)24(10-8-2)44-20(6)33;;/h9-14,27-30H,3-4,15-22H2,1-2,5-8H3,(H,34,36)(H,35,37)(H2,32,33,40);7-10,21-24H,11-16H2,1-6H3,(H,28,30)(H,29,31)(H,35,36)(H,37,38)(H2,26,27,34);;/q;;2*+1/p-2/b13-9+,14-10+;9-7+,10-8+;;/t27-,28-,29+,30+,51?,52?;;;/m0.../s1. The van der Waals surface area contributed by atoms with Crippen LogP contribution in [-0.2, 0) is 121 Å². The number of phosphoric ester groups is 4. The van der Waals surface area contributed by atoms with Gasteiger partial charge in [0.2, 0.25) is 23.6 Å². The van der Waals surface area contributed by atoms with Gasteiger partial charge in [0.15, 0.2) is 0 Å². The van der Waals surface area contributed by atoms with Crippen LogP contribution in [0.5, 0.6) is 0 Å². The minimum Gasteiger partial charge on any atom is -0.756 e. The SMILES string of the molecule is C/C=C/C(OC(C)=O)C(COP(=O)([O-])OCCNC(=O)NCCOP(=O)([O-])OCC(NC(C)=O)C(/C=C/C)OC(C)=O)NC(C)=O.C=CCOP(=O)(OCCNC(=O)NCCOP(=O)(OCC=C)OC[C@H](NC(C)=O)[C@@H](/C=C/C)OC(C)=O)OC[C@H](NC(C)=O)[C@@H](/C=C/C)OC(C)=O.[Na+].[Na+]. The summed E-state index contributed by atoms with van der Waals surface area (Å²) in [6, 6.07) is -5.55. The molecule has 12 atom stereocenters. The molecule has 0 saturated carbocycles. The first-order valence-electron chi connectivity index (χ1n) is 29.8. The van der Waals surface area contributed by atoms with E-state index in [0.717, 1.165) is 13.8 Å². The Morgan fingerprint density at radius 3 is 0.780 bits per heavy atom. The normalized spacial score (nSPS) is 16.0. The first kappa shape index (κ1) is 102. The number of phosphoric acid groups is 4. The van der Waals surface area contributed by atoms with Crippen LogP contribution in [0.15, 0.2) is 73.9 Å². The molecular weight excluding hydrogens is 1430 g/mol. The first-order valence-corrected chi connectivity index (χ1v) is 35.6. The molecule has 38 nitrogen and oxygen atoms in total. The topological polar surface area (TPSA) is 511 Å². The maximum atomic E-state index is 13.3. The van der Waals surface area contributed by atoms with Gasteiger partial charge in [-0.15, -0.1) is 13.2 Å². The van der Waals surface area contributed by atoms with Gasteiger partial charge in [0, 0.05) is 81.6 Å². The van der Waals surface area contributed by atoms with Crippen molar-refractivity contribution in [3.8, 4) is 0 Å². The molecule has 0 rings (SSSR count). The average molecular weight is 1530 g/mol. The molecule has 560 valence electrons. The number of rotatable bonds is 50. The van der Waals surface area contributed by atoms with Crippen LogP contribution in [0.25, 0.3) is 0 Å². The van der Waals surface area contributed by atoms with E-state index >= 15 is 0 Å². The molecule has 0 aromatic carbocycles. The van der Waals surface area contributed by atoms with Crippen molar-refractivity contribution in [1.29, 1.82) is 0 Å². The predicted molar refractivity (Wildman–Crippen MR) is 345 cm³/mol. The van der Waals surface area contributed by atoms with Crippen molar-refractivity contribution in [2.75, 3.05) is 92.2 Å². The Bertz CT molecular complexity index is 2700. The fourth-order valence-corrected chi connectivity index (χ4v) is 11.0. The Morgan fingerprint density at radius 1 is 0.360 bits per heavy atom. The number of nitrogens with one attached hydrogen (secondary N) is 8. The van der Waals surface area contributed by atoms with Crippen molar-refractivity contribution in [3.05, 3.63) is 73.9 Å². The zero-order chi connectivity index (χ0) is 74.9. The van der Waals surface area contributed by atoms with E-state index in [2.05, 4.69) is 64.7 Å². The van der Waals surface area contributed by atoms with Gasteiger partial charge >= 0.3 is 111 Å². The van der Waals surface area contributed by atoms with Crippen LogP contribution in [0.2, 0.25) is 0 Å². The number of allylic oxidation sites excluding steroid dienone is 4. The smallest absolute Gasteiger partial charge is 0.756 e.